The molecule has 32 heavy (non-hydrogen) atoms. The molecule has 174 valence electrons. The van der Waals surface area contributed by atoms with Crippen molar-refractivity contribution < 1.29 is 17.5 Å². The predicted octanol–water partition coefficient (Wildman–Crippen LogP) is 2.90. The van der Waals surface area contributed by atoms with Gasteiger partial charge < -0.3 is 10.1 Å². The molecule has 0 radical (unpaired) electrons. The van der Waals surface area contributed by atoms with Gasteiger partial charge >= 0.3 is 0 Å². The quantitative estimate of drug-likeness (QED) is 0.677. The van der Waals surface area contributed by atoms with Crippen LogP contribution in [-0.2, 0) is 14.8 Å². The van der Waals surface area contributed by atoms with Gasteiger partial charge in [-0.15, -0.1) is 0 Å². The molecule has 0 unspecified atom stereocenters. The predicted molar refractivity (Wildman–Crippen MR) is 119 cm³/mol. The highest BCUT2D eigenvalue weighted by molar-refractivity contribution is 7.89. The van der Waals surface area contributed by atoms with Crippen LogP contribution in [0.5, 0.6) is 0 Å². The van der Waals surface area contributed by atoms with Gasteiger partial charge in [-0.25, -0.2) is 17.5 Å². The van der Waals surface area contributed by atoms with E-state index in [1.807, 2.05) is 0 Å². The number of hydrogen-bond acceptors (Lipinski definition) is 6. The fourth-order valence-electron chi connectivity index (χ4n) is 4.13. The number of aromatic nitrogens is 2. The van der Waals surface area contributed by atoms with Crippen molar-refractivity contribution in [2.45, 2.75) is 36.6 Å². The fraction of sp³-hybridized carbons (Fsp3) is 0.524. The zero-order valence-electron chi connectivity index (χ0n) is 17.5. The first kappa shape index (κ1) is 23.2. The molecule has 4 rings (SSSR count). The highest BCUT2D eigenvalue weighted by atomic mass is 35.5. The van der Waals surface area contributed by atoms with E-state index in [9.17, 15) is 17.6 Å². The molecule has 1 aromatic heterocycles. The third-order valence-corrected chi connectivity index (χ3v) is 8.28. The Labute approximate surface area is 191 Å². The summed E-state index contributed by atoms with van der Waals surface area (Å²) in [7, 11) is -3.71. The molecule has 0 aliphatic carbocycles. The molecular weight excluding hydrogens is 459 g/mol. The second kappa shape index (κ2) is 9.86. The van der Waals surface area contributed by atoms with Crippen LogP contribution >= 0.6 is 11.6 Å². The first-order valence-electron chi connectivity index (χ1n) is 10.7. The number of ether oxygens (including phenoxy) is 1. The highest BCUT2D eigenvalue weighted by Crippen LogP contribution is 2.27. The number of hydrogen-bond donors (Lipinski definition) is 1. The van der Waals surface area contributed by atoms with Crippen LogP contribution in [0.15, 0.2) is 40.2 Å². The van der Waals surface area contributed by atoms with Crippen LogP contribution < -0.4 is 10.9 Å². The third-order valence-electron chi connectivity index (χ3n) is 6.00. The zero-order chi connectivity index (χ0) is 22.7. The van der Waals surface area contributed by atoms with Gasteiger partial charge in [0, 0.05) is 26.2 Å². The largest absolute Gasteiger partial charge is 0.382 e. The smallest absolute Gasteiger partial charge is 0.287 e. The summed E-state index contributed by atoms with van der Waals surface area (Å²) >= 11 is 6.33. The van der Waals surface area contributed by atoms with Crippen molar-refractivity contribution in [3.63, 3.8) is 0 Å². The maximum Gasteiger partial charge on any atom is 0.287 e. The van der Waals surface area contributed by atoms with Crippen LogP contribution in [0.4, 0.5) is 10.1 Å². The van der Waals surface area contributed by atoms with Crippen LogP contribution in [0.2, 0.25) is 5.02 Å². The van der Waals surface area contributed by atoms with Crippen LogP contribution in [0.3, 0.4) is 0 Å². The maximum absolute atomic E-state index is 13.1. The monoisotopic (exact) mass is 484 g/mol. The molecule has 3 heterocycles. The second-order valence-electron chi connectivity index (χ2n) is 8.18. The Morgan fingerprint density at radius 1 is 1.19 bits per heavy atom. The lowest BCUT2D eigenvalue weighted by Crippen LogP contribution is -2.41. The molecule has 1 N–H and O–H groups in total. The standard InChI is InChI=1S/C21H26ClFN4O4S/c22-20-19(24-12-15-2-1-11-31-14-15)13-25-27(21(20)28)17-7-9-26(10-8-17)32(29,30)18-5-3-16(23)4-6-18/h3-6,13,15,17,24H,1-2,7-12,14H2/t15-/m0/s1. The molecular formula is C21H26ClFN4O4S. The molecule has 0 spiro atoms. The number of sulfonamides is 1. The van der Waals surface area contributed by atoms with Gasteiger partial charge in [0.2, 0.25) is 10.0 Å². The van der Waals surface area contributed by atoms with Gasteiger partial charge in [0.15, 0.2) is 0 Å². The zero-order valence-corrected chi connectivity index (χ0v) is 19.1. The Hall–Kier alpha value is -2.01. The van der Waals surface area contributed by atoms with E-state index in [2.05, 4.69) is 10.4 Å². The average Bonchev–Trinajstić information content (AvgIpc) is 2.81. The lowest BCUT2D eigenvalue weighted by atomic mass is 10.0. The number of halogens is 2. The van der Waals surface area contributed by atoms with E-state index in [-0.39, 0.29) is 29.0 Å². The van der Waals surface area contributed by atoms with E-state index >= 15 is 0 Å². The molecule has 1 aromatic carbocycles. The van der Waals surface area contributed by atoms with Gasteiger partial charge in [-0.2, -0.15) is 9.40 Å². The van der Waals surface area contributed by atoms with Gasteiger partial charge in [-0.3, -0.25) is 4.79 Å². The van der Waals surface area contributed by atoms with Crippen molar-refractivity contribution in [2.75, 3.05) is 38.2 Å². The average molecular weight is 485 g/mol. The van der Waals surface area contributed by atoms with Crippen molar-refractivity contribution in [3.05, 3.63) is 51.7 Å². The minimum atomic E-state index is -3.71. The van der Waals surface area contributed by atoms with E-state index in [0.29, 0.717) is 37.6 Å². The molecule has 2 fully saturated rings. The number of anilines is 1. The molecule has 2 aliphatic heterocycles. The van der Waals surface area contributed by atoms with Gasteiger partial charge in [0.1, 0.15) is 10.8 Å². The number of rotatable bonds is 6. The lowest BCUT2D eigenvalue weighted by Gasteiger charge is -2.31. The summed E-state index contributed by atoms with van der Waals surface area (Å²) < 4.78 is 46.9. The van der Waals surface area contributed by atoms with Gasteiger partial charge in [0.25, 0.3) is 5.56 Å². The summed E-state index contributed by atoms with van der Waals surface area (Å²) in [6, 6.07) is 4.52. The fourth-order valence-corrected chi connectivity index (χ4v) is 5.81. The number of benzene rings is 1. The van der Waals surface area contributed by atoms with Crippen LogP contribution in [0, 0.1) is 11.7 Å². The summed E-state index contributed by atoms with van der Waals surface area (Å²) in [5.41, 5.74) is 0.103. The minimum Gasteiger partial charge on any atom is -0.382 e. The third kappa shape index (κ3) is 4.98. The highest BCUT2D eigenvalue weighted by Gasteiger charge is 2.31. The molecule has 2 aliphatic rings. The van der Waals surface area contributed by atoms with Crippen LogP contribution in [-0.4, -0.2) is 55.4 Å². The Kier molecular flexibility index (Phi) is 7.14. The summed E-state index contributed by atoms with van der Waals surface area (Å²) in [5, 5.41) is 7.58. The minimum absolute atomic E-state index is 0.0504. The van der Waals surface area contributed by atoms with Crippen LogP contribution in [0.25, 0.3) is 0 Å². The van der Waals surface area contributed by atoms with Gasteiger partial charge in [-0.1, -0.05) is 11.6 Å². The van der Waals surface area contributed by atoms with Crippen LogP contribution in [0.1, 0.15) is 31.7 Å². The van der Waals surface area contributed by atoms with E-state index in [0.717, 1.165) is 31.6 Å². The van der Waals surface area contributed by atoms with Crippen molar-refractivity contribution in [1.29, 1.82) is 0 Å². The first-order chi connectivity index (χ1) is 15.4. The Balaban J connectivity index is 1.40. The van der Waals surface area contributed by atoms with E-state index in [1.165, 1.54) is 21.1 Å². The van der Waals surface area contributed by atoms with E-state index in [1.54, 1.807) is 6.20 Å². The van der Waals surface area contributed by atoms with E-state index < -0.39 is 21.4 Å². The molecule has 2 saturated heterocycles. The maximum atomic E-state index is 13.1. The first-order valence-corrected chi connectivity index (χ1v) is 12.5. The van der Waals surface area contributed by atoms with Crippen molar-refractivity contribution in [3.8, 4) is 0 Å². The normalized spacial score (nSPS) is 20.9. The Bertz CT molecular complexity index is 1100. The summed E-state index contributed by atoms with van der Waals surface area (Å²) in [6.45, 7) is 2.60. The molecule has 2 aromatic rings. The molecule has 11 heteroatoms. The molecule has 0 bridgehead atoms. The Morgan fingerprint density at radius 3 is 2.56 bits per heavy atom. The molecule has 0 saturated carbocycles. The number of nitrogens with zero attached hydrogens (tertiary/aromatic N) is 3. The van der Waals surface area contributed by atoms with Crippen molar-refractivity contribution in [2.24, 2.45) is 5.92 Å². The Morgan fingerprint density at radius 2 is 1.91 bits per heavy atom. The number of piperidine rings is 1. The molecule has 8 nitrogen and oxygen atoms in total. The van der Waals surface area contributed by atoms with Crippen molar-refractivity contribution in [1.82, 2.24) is 14.1 Å². The summed E-state index contributed by atoms with van der Waals surface area (Å²) in [6.07, 6.45) is 4.49. The summed E-state index contributed by atoms with van der Waals surface area (Å²) in [4.78, 5) is 12.9. The number of nitrogens with one attached hydrogen (secondary N) is 1. The topological polar surface area (TPSA) is 93.5 Å². The van der Waals surface area contributed by atoms with E-state index in [4.69, 9.17) is 16.3 Å². The molecule has 1 atom stereocenters. The SMILES string of the molecule is O=c1c(Cl)c(NC[C@@H]2CCCOC2)cnn1C1CCN(S(=O)(=O)c2ccc(F)cc2)CC1. The summed E-state index contributed by atoms with van der Waals surface area (Å²) in [5.74, 6) is -0.121. The lowest BCUT2D eigenvalue weighted by molar-refractivity contribution is 0.0595. The second-order valence-corrected chi connectivity index (χ2v) is 10.5. The van der Waals surface area contributed by atoms with Gasteiger partial charge in [-0.05, 0) is 55.9 Å². The van der Waals surface area contributed by atoms with Crippen molar-refractivity contribution >= 4 is 27.3 Å². The molecule has 0 amide bonds. The van der Waals surface area contributed by atoms with Gasteiger partial charge in [0.05, 0.1) is 29.4 Å².